The van der Waals surface area contributed by atoms with Crippen LogP contribution in [0.3, 0.4) is 0 Å². The van der Waals surface area contributed by atoms with Gasteiger partial charge < -0.3 is 15.0 Å². The van der Waals surface area contributed by atoms with Crippen LogP contribution >= 0.6 is 0 Å². The normalized spacial score (nSPS) is 17.3. The molecular formula is C20H20N4O2. The number of hydrogen-bond donors (Lipinski definition) is 1. The molecule has 1 saturated heterocycles. The third-order valence-electron chi connectivity index (χ3n) is 4.67. The molecule has 0 saturated carbocycles. The molecule has 0 spiro atoms. The van der Waals surface area contributed by atoms with E-state index in [2.05, 4.69) is 15.3 Å². The molecule has 1 N–H and O–H groups in total. The number of rotatable bonds is 3. The molecule has 0 aliphatic carbocycles. The summed E-state index contributed by atoms with van der Waals surface area (Å²) < 4.78 is 5.50. The summed E-state index contributed by atoms with van der Waals surface area (Å²) in [7, 11) is 1.65. The van der Waals surface area contributed by atoms with Gasteiger partial charge in [-0.2, -0.15) is 0 Å². The van der Waals surface area contributed by atoms with Crippen molar-refractivity contribution < 1.29 is 9.53 Å². The van der Waals surface area contributed by atoms with Crippen LogP contribution in [-0.2, 0) is 0 Å². The van der Waals surface area contributed by atoms with Gasteiger partial charge in [0.05, 0.1) is 30.4 Å². The Bertz CT molecular complexity index is 944. The van der Waals surface area contributed by atoms with Gasteiger partial charge in [0, 0.05) is 25.2 Å². The molecule has 1 aliphatic rings. The highest BCUT2D eigenvalue weighted by atomic mass is 16.5. The fraction of sp³-hybridized carbons (Fsp3) is 0.250. The van der Waals surface area contributed by atoms with E-state index < -0.39 is 0 Å². The van der Waals surface area contributed by atoms with E-state index in [0.29, 0.717) is 18.8 Å². The minimum atomic E-state index is -0.111. The molecule has 3 aromatic rings. The van der Waals surface area contributed by atoms with E-state index in [4.69, 9.17) is 4.74 Å². The number of nitrogens with one attached hydrogen (secondary N) is 1. The molecule has 4 rings (SSSR count). The van der Waals surface area contributed by atoms with Crippen molar-refractivity contribution in [3.63, 3.8) is 0 Å². The van der Waals surface area contributed by atoms with Crippen LogP contribution in [0.5, 0.6) is 5.75 Å². The van der Waals surface area contributed by atoms with Crippen LogP contribution in [0, 0.1) is 0 Å². The Morgan fingerprint density at radius 3 is 2.77 bits per heavy atom. The first-order valence-electron chi connectivity index (χ1n) is 8.64. The Morgan fingerprint density at radius 2 is 1.92 bits per heavy atom. The van der Waals surface area contributed by atoms with Crippen LogP contribution in [0.15, 0.2) is 54.7 Å². The van der Waals surface area contributed by atoms with Crippen LogP contribution < -0.4 is 10.1 Å². The van der Waals surface area contributed by atoms with Gasteiger partial charge in [-0.3, -0.25) is 9.78 Å². The average molecular weight is 348 g/mol. The Hall–Kier alpha value is -2.99. The first kappa shape index (κ1) is 16.5. The van der Waals surface area contributed by atoms with Crippen LogP contribution in [0.1, 0.15) is 22.1 Å². The number of ether oxygens (including phenoxy) is 1. The summed E-state index contributed by atoms with van der Waals surface area (Å²) in [5.74, 6) is 0.671. The lowest BCUT2D eigenvalue weighted by atomic mass is 10.0. The first-order chi connectivity index (χ1) is 12.8. The van der Waals surface area contributed by atoms with Crippen molar-refractivity contribution in [2.24, 2.45) is 0 Å². The SMILES string of the molecule is COc1ccccc1C1CNCCN1C(=O)c1cnc2ccccc2n1. The maximum atomic E-state index is 13.2. The molecule has 26 heavy (non-hydrogen) atoms. The Kier molecular flexibility index (Phi) is 4.50. The number of benzene rings is 2. The molecule has 1 atom stereocenters. The van der Waals surface area contributed by atoms with Gasteiger partial charge in [0.15, 0.2) is 0 Å². The Labute approximate surface area is 151 Å². The van der Waals surface area contributed by atoms with Crippen LogP contribution in [0.25, 0.3) is 11.0 Å². The number of aromatic nitrogens is 2. The lowest BCUT2D eigenvalue weighted by molar-refractivity contribution is 0.0625. The number of methoxy groups -OCH3 is 1. The number of fused-ring (bicyclic) bond motifs is 1. The highest BCUT2D eigenvalue weighted by molar-refractivity contribution is 5.94. The number of amides is 1. The van der Waals surface area contributed by atoms with Crippen molar-refractivity contribution in [1.29, 1.82) is 0 Å². The number of carbonyl (C=O) groups excluding carboxylic acids is 1. The molecule has 132 valence electrons. The quantitative estimate of drug-likeness (QED) is 0.787. The summed E-state index contributed by atoms with van der Waals surface area (Å²) in [6.45, 7) is 2.03. The predicted molar refractivity (Wildman–Crippen MR) is 99.2 cm³/mol. The van der Waals surface area contributed by atoms with Crippen molar-refractivity contribution >= 4 is 16.9 Å². The van der Waals surface area contributed by atoms with Crippen LogP contribution in [-0.4, -0.2) is 47.5 Å². The van der Waals surface area contributed by atoms with E-state index in [1.807, 2.05) is 53.4 Å². The molecule has 0 radical (unpaired) electrons. The van der Waals surface area contributed by atoms with Crippen molar-refractivity contribution in [2.45, 2.75) is 6.04 Å². The number of carbonyl (C=O) groups is 1. The van der Waals surface area contributed by atoms with E-state index in [0.717, 1.165) is 28.9 Å². The van der Waals surface area contributed by atoms with E-state index >= 15 is 0 Å². The Balaban J connectivity index is 1.69. The summed E-state index contributed by atoms with van der Waals surface area (Å²) in [6, 6.07) is 15.3. The third kappa shape index (κ3) is 2.99. The molecule has 2 heterocycles. The zero-order valence-electron chi connectivity index (χ0n) is 14.6. The van der Waals surface area contributed by atoms with Gasteiger partial charge in [-0.25, -0.2) is 4.98 Å². The van der Waals surface area contributed by atoms with Crippen molar-refractivity contribution in [1.82, 2.24) is 20.2 Å². The van der Waals surface area contributed by atoms with Crippen molar-refractivity contribution in [3.8, 4) is 5.75 Å². The van der Waals surface area contributed by atoms with E-state index in [1.165, 1.54) is 0 Å². The average Bonchev–Trinajstić information content (AvgIpc) is 2.73. The first-order valence-corrected chi connectivity index (χ1v) is 8.64. The monoisotopic (exact) mass is 348 g/mol. The van der Waals surface area contributed by atoms with E-state index in [9.17, 15) is 4.79 Å². The largest absolute Gasteiger partial charge is 0.496 e. The van der Waals surface area contributed by atoms with Crippen LogP contribution in [0.4, 0.5) is 0 Å². The van der Waals surface area contributed by atoms with Crippen LogP contribution in [0.2, 0.25) is 0 Å². The molecule has 6 heteroatoms. The molecular weight excluding hydrogens is 328 g/mol. The molecule has 0 bridgehead atoms. The van der Waals surface area contributed by atoms with Gasteiger partial charge in [0.25, 0.3) is 5.91 Å². The molecule has 2 aromatic carbocycles. The zero-order chi connectivity index (χ0) is 17.9. The molecule has 1 amide bonds. The minimum Gasteiger partial charge on any atom is -0.496 e. The Morgan fingerprint density at radius 1 is 1.15 bits per heavy atom. The summed E-state index contributed by atoms with van der Waals surface area (Å²) in [5, 5.41) is 3.37. The van der Waals surface area contributed by atoms with Gasteiger partial charge >= 0.3 is 0 Å². The van der Waals surface area contributed by atoms with Crippen molar-refractivity contribution in [2.75, 3.05) is 26.7 Å². The second-order valence-corrected chi connectivity index (χ2v) is 6.20. The molecule has 6 nitrogen and oxygen atoms in total. The highest BCUT2D eigenvalue weighted by Gasteiger charge is 2.31. The fourth-order valence-corrected chi connectivity index (χ4v) is 3.37. The lowest BCUT2D eigenvalue weighted by Gasteiger charge is -2.36. The number of piperazine rings is 1. The molecule has 1 aromatic heterocycles. The maximum Gasteiger partial charge on any atom is 0.274 e. The standard InChI is InChI=1S/C20H20N4O2/c1-26-19-9-5-2-6-14(19)18-13-21-10-11-24(18)20(25)17-12-22-15-7-3-4-8-16(15)23-17/h2-9,12,18,21H,10-11,13H2,1H3. The summed E-state index contributed by atoms with van der Waals surface area (Å²) >= 11 is 0. The van der Waals surface area contributed by atoms with E-state index in [1.54, 1.807) is 13.3 Å². The second kappa shape index (κ2) is 7.09. The minimum absolute atomic E-state index is 0.110. The summed E-state index contributed by atoms with van der Waals surface area (Å²) in [6.07, 6.45) is 1.56. The predicted octanol–water partition coefficient (Wildman–Crippen LogP) is 2.43. The second-order valence-electron chi connectivity index (χ2n) is 6.20. The number of nitrogens with zero attached hydrogens (tertiary/aromatic N) is 3. The van der Waals surface area contributed by atoms with Gasteiger partial charge in [-0.15, -0.1) is 0 Å². The molecule has 1 unspecified atom stereocenters. The summed E-state index contributed by atoms with van der Waals surface area (Å²) in [5.41, 5.74) is 2.86. The smallest absolute Gasteiger partial charge is 0.274 e. The number of hydrogen-bond acceptors (Lipinski definition) is 5. The lowest BCUT2D eigenvalue weighted by Crippen LogP contribution is -2.49. The molecule has 1 fully saturated rings. The molecule has 1 aliphatic heterocycles. The van der Waals surface area contributed by atoms with Gasteiger partial charge in [0.1, 0.15) is 11.4 Å². The van der Waals surface area contributed by atoms with Gasteiger partial charge in [0.2, 0.25) is 0 Å². The van der Waals surface area contributed by atoms with Gasteiger partial charge in [-0.05, 0) is 18.2 Å². The highest BCUT2D eigenvalue weighted by Crippen LogP contribution is 2.31. The maximum absolute atomic E-state index is 13.2. The third-order valence-corrected chi connectivity index (χ3v) is 4.67. The van der Waals surface area contributed by atoms with E-state index in [-0.39, 0.29) is 11.9 Å². The summed E-state index contributed by atoms with van der Waals surface area (Å²) in [4.78, 5) is 23.9. The number of para-hydroxylation sites is 3. The van der Waals surface area contributed by atoms with Crippen molar-refractivity contribution in [3.05, 3.63) is 66.0 Å². The topological polar surface area (TPSA) is 67.3 Å². The zero-order valence-corrected chi connectivity index (χ0v) is 14.6. The fourth-order valence-electron chi connectivity index (χ4n) is 3.37. The van der Waals surface area contributed by atoms with Gasteiger partial charge in [-0.1, -0.05) is 30.3 Å².